The summed E-state index contributed by atoms with van der Waals surface area (Å²) in [4.78, 5) is 10.8. The SMILES string of the molecule is COc1c(/C=N/N)cccc1CC(N)=O. The van der Waals surface area contributed by atoms with Crippen LogP contribution in [0.25, 0.3) is 0 Å². The first-order valence-electron chi connectivity index (χ1n) is 4.36. The van der Waals surface area contributed by atoms with Crippen LogP contribution in [0.4, 0.5) is 0 Å². The average molecular weight is 207 g/mol. The van der Waals surface area contributed by atoms with Gasteiger partial charge in [0.25, 0.3) is 0 Å². The number of nitrogens with zero attached hydrogens (tertiary/aromatic N) is 1. The second-order valence-corrected chi connectivity index (χ2v) is 2.96. The smallest absolute Gasteiger partial charge is 0.221 e. The zero-order chi connectivity index (χ0) is 11.3. The third-order valence-corrected chi connectivity index (χ3v) is 1.91. The molecule has 80 valence electrons. The maximum atomic E-state index is 10.8. The van der Waals surface area contributed by atoms with Gasteiger partial charge in [-0.25, -0.2) is 0 Å². The first-order chi connectivity index (χ1) is 7.19. The van der Waals surface area contributed by atoms with Crippen LogP contribution in [0.2, 0.25) is 0 Å². The number of methoxy groups -OCH3 is 1. The van der Waals surface area contributed by atoms with Crippen LogP contribution in [0.1, 0.15) is 11.1 Å². The van der Waals surface area contributed by atoms with Gasteiger partial charge in [0.2, 0.25) is 5.91 Å². The Kier molecular flexibility index (Phi) is 3.68. The van der Waals surface area contributed by atoms with Gasteiger partial charge in [0.1, 0.15) is 5.75 Å². The highest BCUT2D eigenvalue weighted by atomic mass is 16.5. The standard InChI is InChI=1S/C10H13N3O2/c1-15-10-7(5-9(11)14)3-2-4-8(10)6-13-12/h2-4,6H,5,12H2,1H3,(H2,11,14)/b13-6+. The Morgan fingerprint density at radius 1 is 1.60 bits per heavy atom. The molecule has 0 unspecified atom stereocenters. The van der Waals surface area contributed by atoms with E-state index in [1.54, 1.807) is 18.2 Å². The lowest BCUT2D eigenvalue weighted by Gasteiger charge is -2.09. The van der Waals surface area contributed by atoms with E-state index in [0.717, 1.165) is 11.1 Å². The molecule has 0 spiro atoms. The lowest BCUT2D eigenvalue weighted by atomic mass is 10.1. The minimum absolute atomic E-state index is 0.134. The second kappa shape index (κ2) is 4.99. The van der Waals surface area contributed by atoms with E-state index in [0.29, 0.717) is 5.75 Å². The van der Waals surface area contributed by atoms with Crippen molar-refractivity contribution in [2.45, 2.75) is 6.42 Å². The number of hydrazone groups is 1. The summed E-state index contributed by atoms with van der Waals surface area (Å²) in [6, 6.07) is 5.36. The van der Waals surface area contributed by atoms with Crippen molar-refractivity contribution in [2.24, 2.45) is 16.7 Å². The lowest BCUT2D eigenvalue weighted by molar-refractivity contribution is -0.117. The van der Waals surface area contributed by atoms with Crippen LogP contribution in [0.5, 0.6) is 5.75 Å². The third kappa shape index (κ3) is 2.70. The predicted molar refractivity (Wildman–Crippen MR) is 57.7 cm³/mol. The largest absolute Gasteiger partial charge is 0.496 e. The molecule has 5 heteroatoms. The summed E-state index contributed by atoms with van der Waals surface area (Å²) >= 11 is 0. The first-order valence-corrected chi connectivity index (χ1v) is 4.36. The average Bonchev–Trinajstić information content (AvgIpc) is 2.18. The topological polar surface area (TPSA) is 90.7 Å². The molecule has 15 heavy (non-hydrogen) atoms. The minimum Gasteiger partial charge on any atom is -0.496 e. The number of nitrogens with two attached hydrogens (primary N) is 2. The number of rotatable bonds is 4. The zero-order valence-electron chi connectivity index (χ0n) is 8.43. The van der Waals surface area contributed by atoms with Gasteiger partial charge in [-0.15, -0.1) is 0 Å². The Hall–Kier alpha value is -2.04. The van der Waals surface area contributed by atoms with Crippen LogP contribution in [0.3, 0.4) is 0 Å². The lowest BCUT2D eigenvalue weighted by Crippen LogP contribution is -2.14. The van der Waals surface area contributed by atoms with Crippen molar-refractivity contribution in [3.05, 3.63) is 29.3 Å². The molecule has 0 atom stereocenters. The number of benzene rings is 1. The molecule has 0 aromatic heterocycles. The number of hydrogen-bond donors (Lipinski definition) is 2. The highest BCUT2D eigenvalue weighted by Gasteiger charge is 2.09. The fourth-order valence-corrected chi connectivity index (χ4v) is 1.36. The number of hydrogen-bond acceptors (Lipinski definition) is 4. The Balaban J connectivity index is 3.15. The minimum atomic E-state index is -0.407. The number of amides is 1. The summed E-state index contributed by atoms with van der Waals surface area (Å²) in [5, 5.41) is 3.41. The number of ether oxygens (including phenoxy) is 1. The van der Waals surface area contributed by atoms with Crippen molar-refractivity contribution in [1.29, 1.82) is 0 Å². The van der Waals surface area contributed by atoms with E-state index in [2.05, 4.69) is 5.10 Å². The van der Waals surface area contributed by atoms with E-state index in [-0.39, 0.29) is 6.42 Å². The monoisotopic (exact) mass is 207 g/mol. The molecule has 0 bridgehead atoms. The number of para-hydroxylation sites is 1. The Bertz CT molecular complexity index is 388. The summed E-state index contributed by atoms with van der Waals surface area (Å²) < 4.78 is 5.18. The van der Waals surface area contributed by atoms with Gasteiger partial charge in [-0.3, -0.25) is 4.79 Å². The fourth-order valence-electron chi connectivity index (χ4n) is 1.36. The summed E-state index contributed by atoms with van der Waals surface area (Å²) in [6.45, 7) is 0. The summed E-state index contributed by atoms with van der Waals surface area (Å²) in [5.74, 6) is 5.22. The van der Waals surface area contributed by atoms with Crippen molar-refractivity contribution in [1.82, 2.24) is 0 Å². The fraction of sp³-hybridized carbons (Fsp3) is 0.200. The zero-order valence-corrected chi connectivity index (χ0v) is 8.43. The van der Waals surface area contributed by atoms with Crippen LogP contribution in [-0.4, -0.2) is 19.2 Å². The van der Waals surface area contributed by atoms with Crippen LogP contribution >= 0.6 is 0 Å². The van der Waals surface area contributed by atoms with Crippen LogP contribution in [0, 0.1) is 0 Å². The Labute approximate surface area is 87.7 Å². The van der Waals surface area contributed by atoms with Gasteiger partial charge < -0.3 is 16.3 Å². The molecule has 0 saturated carbocycles. The highest BCUT2D eigenvalue weighted by molar-refractivity contribution is 5.86. The van der Waals surface area contributed by atoms with Crippen LogP contribution in [-0.2, 0) is 11.2 Å². The van der Waals surface area contributed by atoms with Crippen molar-refractivity contribution in [3.63, 3.8) is 0 Å². The molecular weight excluding hydrogens is 194 g/mol. The van der Waals surface area contributed by atoms with Gasteiger partial charge >= 0.3 is 0 Å². The Morgan fingerprint density at radius 3 is 2.87 bits per heavy atom. The predicted octanol–water partition coefficient (Wildman–Crippen LogP) is 0.0156. The normalized spacial score (nSPS) is 10.5. The summed E-state index contributed by atoms with van der Waals surface area (Å²) in [6.07, 6.45) is 1.60. The Morgan fingerprint density at radius 2 is 2.33 bits per heavy atom. The van der Waals surface area contributed by atoms with Crippen molar-refractivity contribution >= 4 is 12.1 Å². The van der Waals surface area contributed by atoms with E-state index in [1.165, 1.54) is 13.3 Å². The highest BCUT2D eigenvalue weighted by Crippen LogP contribution is 2.22. The molecule has 0 aliphatic heterocycles. The molecule has 1 rings (SSSR count). The second-order valence-electron chi connectivity index (χ2n) is 2.96. The van der Waals surface area contributed by atoms with Crippen molar-refractivity contribution < 1.29 is 9.53 Å². The molecule has 1 aromatic carbocycles. The maximum absolute atomic E-state index is 10.8. The van der Waals surface area contributed by atoms with Crippen LogP contribution < -0.4 is 16.3 Å². The molecule has 1 amide bonds. The molecule has 0 aliphatic rings. The molecule has 0 saturated heterocycles. The molecular formula is C10H13N3O2. The molecule has 0 fully saturated rings. The molecule has 4 N–H and O–H groups in total. The van der Waals surface area contributed by atoms with Gasteiger partial charge in [-0.05, 0) is 6.07 Å². The summed E-state index contributed by atoms with van der Waals surface area (Å²) in [7, 11) is 1.52. The van der Waals surface area contributed by atoms with E-state index >= 15 is 0 Å². The quantitative estimate of drug-likeness (QED) is 0.414. The van der Waals surface area contributed by atoms with E-state index < -0.39 is 5.91 Å². The molecule has 0 radical (unpaired) electrons. The molecule has 5 nitrogen and oxygen atoms in total. The third-order valence-electron chi connectivity index (χ3n) is 1.91. The van der Waals surface area contributed by atoms with Crippen molar-refractivity contribution in [2.75, 3.05) is 7.11 Å². The number of primary amides is 1. The van der Waals surface area contributed by atoms with Gasteiger partial charge in [0.15, 0.2) is 0 Å². The van der Waals surface area contributed by atoms with E-state index in [1.807, 2.05) is 0 Å². The van der Waals surface area contributed by atoms with Gasteiger partial charge in [-0.2, -0.15) is 5.10 Å². The van der Waals surface area contributed by atoms with Crippen molar-refractivity contribution in [3.8, 4) is 5.75 Å². The number of carbonyl (C=O) groups is 1. The first kappa shape index (κ1) is 11.0. The van der Waals surface area contributed by atoms with Gasteiger partial charge in [0.05, 0.1) is 19.7 Å². The van der Waals surface area contributed by atoms with Crippen LogP contribution in [0.15, 0.2) is 23.3 Å². The van der Waals surface area contributed by atoms with E-state index in [9.17, 15) is 4.79 Å². The molecule has 0 aliphatic carbocycles. The number of carbonyl (C=O) groups excluding carboxylic acids is 1. The maximum Gasteiger partial charge on any atom is 0.221 e. The molecule has 0 heterocycles. The van der Waals surface area contributed by atoms with E-state index in [4.69, 9.17) is 16.3 Å². The van der Waals surface area contributed by atoms with Gasteiger partial charge in [-0.1, -0.05) is 12.1 Å². The molecule has 1 aromatic rings. The summed E-state index contributed by atoms with van der Waals surface area (Å²) in [5.41, 5.74) is 6.56. The van der Waals surface area contributed by atoms with Gasteiger partial charge in [0, 0.05) is 11.1 Å².